The van der Waals surface area contributed by atoms with Crippen molar-refractivity contribution in [3.05, 3.63) is 42.1 Å². The predicted molar refractivity (Wildman–Crippen MR) is 74.4 cm³/mol. The molecule has 0 bridgehead atoms. The van der Waals surface area contributed by atoms with Crippen LogP contribution in [0.4, 0.5) is 0 Å². The van der Waals surface area contributed by atoms with Crippen LogP contribution in [0.25, 0.3) is 10.9 Å². The molecule has 0 aliphatic heterocycles. The summed E-state index contributed by atoms with van der Waals surface area (Å²) in [5.74, 6) is -2.70. The number of carboxylic acids is 1. The molecule has 2 rings (SSSR count). The van der Waals surface area contributed by atoms with E-state index in [-0.39, 0.29) is 5.56 Å². The van der Waals surface area contributed by atoms with E-state index in [0.29, 0.717) is 0 Å². The monoisotopic (exact) mass is 287 g/mol. The van der Waals surface area contributed by atoms with E-state index >= 15 is 0 Å². The summed E-state index contributed by atoms with van der Waals surface area (Å²) < 4.78 is 0. The van der Waals surface area contributed by atoms with E-state index in [2.05, 4.69) is 10.3 Å². The number of nitrogens with zero attached hydrogens (tertiary/aromatic N) is 1. The Morgan fingerprint density at radius 1 is 1.29 bits per heavy atom. The van der Waals surface area contributed by atoms with Crippen LogP contribution in [-0.2, 0) is 9.59 Å². The molecule has 1 aromatic carbocycles. The average molecular weight is 287 g/mol. The smallest absolute Gasteiger partial charge is 0.326 e. The summed E-state index contributed by atoms with van der Waals surface area (Å²) in [5, 5.41) is 12.0. The number of primary amides is 1. The van der Waals surface area contributed by atoms with Gasteiger partial charge < -0.3 is 16.2 Å². The summed E-state index contributed by atoms with van der Waals surface area (Å²) >= 11 is 0. The number of nitrogens with one attached hydrogen (secondary N) is 1. The minimum absolute atomic E-state index is 0.284. The van der Waals surface area contributed by atoms with Gasteiger partial charge in [-0.3, -0.25) is 14.6 Å². The summed E-state index contributed by atoms with van der Waals surface area (Å²) in [5.41, 5.74) is 5.96. The van der Waals surface area contributed by atoms with Crippen LogP contribution in [0.15, 0.2) is 36.5 Å². The van der Waals surface area contributed by atoms with Crippen LogP contribution in [-0.4, -0.2) is 33.9 Å². The highest BCUT2D eigenvalue weighted by Gasteiger charge is 2.22. The van der Waals surface area contributed by atoms with E-state index in [1.807, 2.05) is 0 Å². The molecule has 108 valence electrons. The van der Waals surface area contributed by atoms with Crippen LogP contribution in [0.3, 0.4) is 0 Å². The van der Waals surface area contributed by atoms with Crippen molar-refractivity contribution in [1.82, 2.24) is 10.3 Å². The van der Waals surface area contributed by atoms with Gasteiger partial charge in [0, 0.05) is 17.1 Å². The van der Waals surface area contributed by atoms with Crippen LogP contribution in [0.2, 0.25) is 0 Å². The molecule has 0 aliphatic carbocycles. The molecule has 0 fully saturated rings. The van der Waals surface area contributed by atoms with Gasteiger partial charge in [-0.15, -0.1) is 0 Å². The topological polar surface area (TPSA) is 122 Å². The molecule has 0 aliphatic rings. The van der Waals surface area contributed by atoms with Crippen LogP contribution in [0.1, 0.15) is 16.8 Å². The van der Waals surface area contributed by atoms with E-state index in [1.54, 1.807) is 30.5 Å². The number of carbonyl (C=O) groups is 3. The standard InChI is InChI=1S/C14H13N3O4/c15-12(18)7-11(14(20)21)17-13(19)9-3-4-10-8(6-9)2-1-5-16-10/h1-6,11H,7H2,(H2,15,18)(H,17,19)(H,20,21)/t11-/m0/s1. The lowest BCUT2D eigenvalue weighted by atomic mass is 10.1. The molecular formula is C14H13N3O4. The van der Waals surface area contributed by atoms with Crippen molar-refractivity contribution in [3.63, 3.8) is 0 Å². The molecule has 0 radical (unpaired) electrons. The lowest BCUT2D eigenvalue weighted by Gasteiger charge is -2.13. The first-order chi connectivity index (χ1) is 9.97. The Kier molecular flexibility index (Phi) is 4.13. The van der Waals surface area contributed by atoms with Crippen LogP contribution < -0.4 is 11.1 Å². The first-order valence-electron chi connectivity index (χ1n) is 6.14. The molecule has 7 heteroatoms. The number of fused-ring (bicyclic) bond motifs is 1. The largest absolute Gasteiger partial charge is 0.480 e. The van der Waals surface area contributed by atoms with Crippen LogP contribution in [0.5, 0.6) is 0 Å². The number of hydrogen-bond donors (Lipinski definition) is 3. The molecule has 7 nitrogen and oxygen atoms in total. The lowest BCUT2D eigenvalue weighted by molar-refractivity contribution is -0.140. The first kappa shape index (κ1) is 14.4. The van der Waals surface area contributed by atoms with Crippen LogP contribution >= 0.6 is 0 Å². The number of benzene rings is 1. The predicted octanol–water partition coefficient (Wildman–Crippen LogP) is 0.293. The molecule has 0 saturated carbocycles. The number of rotatable bonds is 5. The minimum Gasteiger partial charge on any atom is -0.480 e. The fourth-order valence-corrected chi connectivity index (χ4v) is 1.86. The third-order valence-electron chi connectivity index (χ3n) is 2.87. The third kappa shape index (κ3) is 3.53. The van der Waals surface area contributed by atoms with Gasteiger partial charge in [-0.05, 0) is 24.3 Å². The highest BCUT2D eigenvalue weighted by atomic mass is 16.4. The molecule has 0 spiro atoms. The lowest BCUT2D eigenvalue weighted by Crippen LogP contribution is -2.43. The van der Waals surface area contributed by atoms with Gasteiger partial charge in [0.25, 0.3) is 5.91 Å². The average Bonchev–Trinajstić information content (AvgIpc) is 2.45. The second kappa shape index (κ2) is 6.00. The van der Waals surface area contributed by atoms with Crippen molar-refractivity contribution in [2.24, 2.45) is 5.73 Å². The highest BCUT2D eigenvalue weighted by Crippen LogP contribution is 2.13. The third-order valence-corrected chi connectivity index (χ3v) is 2.87. The molecule has 21 heavy (non-hydrogen) atoms. The second-order valence-electron chi connectivity index (χ2n) is 4.45. The number of amides is 2. The number of carboxylic acid groups (broad SMARTS) is 1. The maximum absolute atomic E-state index is 12.0. The van der Waals surface area contributed by atoms with E-state index in [0.717, 1.165) is 10.9 Å². The molecular weight excluding hydrogens is 274 g/mol. The first-order valence-corrected chi connectivity index (χ1v) is 6.14. The van der Waals surface area contributed by atoms with Gasteiger partial charge >= 0.3 is 5.97 Å². The van der Waals surface area contributed by atoms with Gasteiger partial charge in [0.05, 0.1) is 11.9 Å². The zero-order valence-electron chi connectivity index (χ0n) is 10.9. The number of aromatic nitrogens is 1. The SMILES string of the molecule is NC(=O)C[C@H](NC(=O)c1ccc2ncccc2c1)C(=O)O. The van der Waals surface area contributed by atoms with Crippen molar-refractivity contribution in [2.75, 3.05) is 0 Å². The van der Waals surface area contributed by atoms with Crippen molar-refractivity contribution in [3.8, 4) is 0 Å². The minimum atomic E-state index is -1.35. The molecule has 1 atom stereocenters. The molecule has 0 unspecified atom stereocenters. The zero-order valence-corrected chi connectivity index (χ0v) is 10.9. The van der Waals surface area contributed by atoms with Gasteiger partial charge in [0.15, 0.2) is 0 Å². The quantitative estimate of drug-likeness (QED) is 0.729. The summed E-state index contributed by atoms with van der Waals surface area (Å²) in [6, 6.07) is 6.97. The number of aliphatic carboxylic acids is 1. The van der Waals surface area contributed by atoms with Crippen molar-refractivity contribution in [2.45, 2.75) is 12.5 Å². The van der Waals surface area contributed by atoms with Crippen molar-refractivity contribution >= 4 is 28.7 Å². The maximum Gasteiger partial charge on any atom is 0.326 e. The number of hydrogen-bond acceptors (Lipinski definition) is 4. The summed E-state index contributed by atoms with van der Waals surface area (Å²) in [6.07, 6.45) is 1.17. The Labute approximate surface area is 119 Å². The van der Waals surface area contributed by atoms with Crippen LogP contribution in [0, 0.1) is 0 Å². The molecule has 0 saturated heterocycles. The molecule has 1 heterocycles. The summed E-state index contributed by atoms with van der Waals surface area (Å²) in [7, 11) is 0. The van der Waals surface area contributed by atoms with Crippen molar-refractivity contribution in [1.29, 1.82) is 0 Å². The van der Waals surface area contributed by atoms with Gasteiger partial charge in [0.2, 0.25) is 5.91 Å². The van der Waals surface area contributed by atoms with E-state index < -0.39 is 30.2 Å². The van der Waals surface area contributed by atoms with Gasteiger partial charge in [-0.1, -0.05) is 6.07 Å². The fourth-order valence-electron chi connectivity index (χ4n) is 1.86. The Balaban J connectivity index is 2.20. The Morgan fingerprint density at radius 2 is 2.05 bits per heavy atom. The molecule has 1 aromatic heterocycles. The molecule has 4 N–H and O–H groups in total. The molecule has 2 amide bonds. The maximum atomic E-state index is 12.0. The summed E-state index contributed by atoms with van der Waals surface area (Å²) in [6.45, 7) is 0. The van der Waals surface area contributed by atoms with E-state index in [1.165, 1.54) is 6.07 Å². The molecule has 2 aromatic rings. The Hall–Kier alpha value is -2.96. The number of nitrogens with two attached hydrogens (primary N) is 1. The van der Waals surface area contributed by atoms with Gasteiger partial charge in [-0.25, -0.2) is 4.79 Å². The van der Waals surface area contributed by atoms with E-state index in [4.69, 9.17) is 10.8 Å². The highest BCUT2D eigenvalue weighted by molar-refractivity contribution is 6.00. The normalized spacial score (nSPS) is 11.8. The second-order valence-corrected chi connectivity index (χ2v) is 4.45. The number of carbonyl (C=O) groups excluding carboxylic acids is 2. The number of pyridine rings is 1. The van der Waals surface area contributed by atoms with Crippen molar-refractivity contribution < 1.29 is 19.5 Å². The zero-order chi connectivity index (χ0) is 15.4. The van der Waals surface area contributed by atoms with E-state index in [9.17, 15) is 14.4 Å². The fraction of sp³-hybridized carbons (Fsp3) is 0.143. The Bertz CT molecular complexity index is 714. The summed E-state index contributed by atoms with van der Waals surface area (Å²) in [4.78, 5) is 37.9. The Morgan fingerprint density at radius 3 is 2.71 bits per heavy atom. The van der Waals surface area contributed by atoms with Gasteiger partial charge in [-0.2, -0.15) is 0 Å². The van der Waals surface area contributed by atoms with Gasteiger partial charge in [0.1, 0.15) is 6.04 Å².